The van der Waals surface area contributed by atoms with Crippen molar-refractivity contribution in [2.45, 2.75) is 62.1 Å². The van der Waals surface area contributed by atoms with Crippen LogP contribution < -0.4 is 15.0 Å². The number of fused-ring (bicyclic) bond motifs is 1. The summed E-state index contributed by atoms with van der Waals surface area (Å²) in [7, 11) is 0. The highest BCUT2D eigenvalue weighted by Crippen LogP contribution is 2.35. The largest absolute Gasteiger partial charge is 0.480 e. The van der Waals surface area contributed by atoms with Crippen molar-refractivity contribution in [2.24, 2.45) is 5.41 Å². The number of hydrogen-bond acceptors (Lipinski definition) is 9. The number of Topliss-reactive ketones (excluding diaryl/α,β-unsaturated/α-hetero) is 1. The highest BCUT2D eigenvalue weighted by molar-refractivity contribution is 6.67. The van der Waals surface area contributed by atoms with Crippen LogP contribution in [0, 0.1) is 5.41 Å². The number of carbonyl (C=O) groups excluding carboxylic acids is 3. The lowest BCUT2D eigenvalue weighted by Crippen LogP contribution is -2.44. The number of benzene rings is 1. The molecule has 1 aliphatic rings. The zero-order valence-electron chi connectivity index (χ0n) is 24.3. The van der Waals surface area contributed by atoms with Gasteiger partial charge in [-0.2, -0.15) is 0 Å². The number of nitrogens with zero attached hydrogens (tertiary/aromatic N) is 2. The summed E-state index contributed by atoms with van der Waals surface area (Å²) in [6.45, 7) is 5.23. The second kappa shape index (κ2) is 14.6. The van der Waals surface area contributed by atoms with E-state index < -0.39 is 46.2 Å². The minimum atomic E-state index is -1.87. The monoisotopic (exact) mass is 673 g/mol. The van der Waals surface area contributed by atoms with Crippen LogP contribution in [0.5, 0.6) is 5.75 Å². The summed E-state index contributed by atoms with van der Waals surface area (Å²) >= 11 is 17.1. The maximum atomic E-state index is 13.1. The summed E-state index contributed by atoms with van der Waals surface area (Å²) in [4.78, 5) is 55.1. The normalized spacial score (nSPS) is 17.1. The van der Waals surface area contributed by atoms with Gasteiger partial charge in [0.15, 0.2) is 5.78 Å². The molecule has 0 saturated heterocycles. The van der Waals surface area contributed by atoms with Gasteiger partial charge in [-0.15, -0.1) is 0 Å². The number of amides is 2. The van der Waals surface area contributed by atoms with E-state index in [4.69, 9.17) is 49.0 Å². The molecular formula is C29H34Cl3N3O9. The highest BCUT2D eigenvalue weighted by atomic mass is 35.6. The number of carbonyl (C=O) groups is 4. The van der Waals surface area contributed by atoms with E-state index in [9.17, 15) is 29.4 Å². The van der Waals surface area contributed by atoms with Gasteiger partial charge in [0.1, 0.15) is 24.2 Å². The number of ketones is 1. The van der Waals surface area contributed by atoms with Gasteiger partial charge in [0.05, 0.1) is 18.6 Å². The van der Waals surface area contributed by atoms with Crippen LogP contribution in [-0.2, 0) is 20.7 Å². The number of alkyl carbamates (subject to hydrolysis) is 1. The third-order valence-electron chi connectivity index (χ3n) is 6.20. The van der Waals surface area contributed by atoms with E-state index in [1.165, 1.54) is 23.2 Å². The maximum absolute atomic E-state index is 13.1. The molecule has 1 aromatic carbocycles. The summed E-state index contributed by atoms with van der Waals surface area (Å²) in [6.07, 6.45) is -0.574. The van der Waals surface area contributed by atoms with Gasteiger partial charge in [-0.1, -0.05) is 67.7 Å². The predicted molar refractivity (Wildman–Crippen MR) is 162 cm³/mol. The number of aromatic nitrogens is 1. The van der Waals surface area contributed by atoms with Crippen molar-refractivity contribution < 1.29 is 43.6 Å². The second-order valence-corrected chi connectivity index (χ2v) is 14.0. The fourth-order valence-electron chi connectivity index (χ4n) is 4.19. The number of anilines is 1. The standard InChI is InChI=1S/C29H34Cl3N3O9/c1-27(2,3)16-42-25(39)34-20(24(37)38)14-18-8-9-22-19(13-18)21(36)15-28(41,44-22)10-6-12-35(23-7-4-5-11-33-23)26(40)43-17-29(30,31)32/h4-5,7-9,11,13,20,41H,6,10,12,14-17H2,1-3H3,(H,34,39)(H,37,38)/t20-,28?/m0/s1. The predicted octanol–water partition coefficient (Wildman–Crippen LogP) is 5.30. The number of carboxylic acids is 1. The molecule has 3 rings (SSSR count). The molecule has 2 heterocycles. The van der Waals surface area contributed by atoms with Gasteiger partial charge in [-0.25, -0.2) is 19.4 Å². The van der Waals surface area contributed by atoms with Gasteiger partial charge in [0, 0.05) is 25.6 Å². The summed E-state index contributed by atoms with van der Waals surface area (Å²) in [5.41, 5.74) is 0.319. The highest BCUT2D eigenvalue weighted by Gasteiger charge is 2.39. The molecule has 2 atom stereocenters. The molecule has 0 spiro atoms. The first kappa shape index (κ1) is 35.2. The van der Waals surface area contributed by atoms with Crippen LogP contribution >= 0.6 is 34.8 Å². The topological polar surface area (TPSA) is 165 Å². The fourth-order valence-corrected chi connectivity index (χ4v) is 4.35. The number of alkyl halides is 3. The zero-order valence-corrected chi connectivity index (χ0v) is 26.6. The second-order valence-electron chi connectivity index (χ2n) is 11.5. The summed E-state index contributed by atoms with van der Waals surface area (Å²) in [6, 6.07) is 8.09. The van der Waals surface area contributed by atoms with Gasteiger partial charge in [-0.3, -0.25) is 9.69 Å². The van der Waals surface area contributed by atoms with Crippen LogP contribution in [0.4, 0.5) is 15.4 Å². The van der Waals surface area contributed by atoms with Crippen LogP contribution in [0.25, 0.3) is 0 Å². The van der Waals surface area contributed by atoms with Crippen LogP contribution in [0.1, 0.15) is 56.0 Å². The Balaban J connectivity index is 1.65. The smallest absolute Gasteiger partial charge is 0.415 e. The average molecular weight is 675 g/mol. The van der Waals surface area contributed by atoms with E-state index in [-0.39, 0.29) is 61.4 Å². The Morgan fingerprint density at radius 2 is 1.86 bits per heavy atom. The molecule has 1 aromatic heterocycles. The number of aliphatic hydroxyl groups is 1. The van der Waals surface area contributed by atoms with E-state index in [0.717, 1.165) is 0 Å². The number of hydrogen-bond donors (Lipinski definition) is 3. The van der Waals surface area contributed by atoms with Gasteiger partial charge >= 0.3 is 18.2 Å². The van der Waals surface area contributed by atoms with Crippen LogP contribution in [-0.4, -0.2) is 74.5 Å². The first-order chi connectivity index (χ1) is 20.4. The van der Waals surface area contributed by atoms with E-state index >= 15 is 0 Å². The van der Waals surface area contributed by atoms with Crippen molar-refractivity contribution in [1.29, 1.82) is 0 Å². The SMILES string of the molecule is CC(C)(C)COC(=O)N[C@@H](Cc1ccc2c(c1)C(=O)CC(O)(CCCN(C(=O)OCC(Cl)(Cl)Cl)c1ccccn1)O2)C(=O)O. The van der Waals surface area contributed by atoms with Crippen molar-refractivity contribution in [3.8, 4) is 5.75 Å². The molecule has 1 aliphatic heterocycles. The van der Waals surface area contributed by atoms with E-state index in [0.29, 0.717) is 5.56 Å². The van der Waals surface area contributed by atoms with E-state index in [2.05, 4.69) is 10.3 Å². The molecule has 0 aliphatic carbocycles. The number of ether oxygens (including phenoxy) is 3. The Labute approximate surface area is 269 Å². The van der Waals surface area contributed by atoms with E-state index in [1.807, 2.05) is 20.8 Å². The van der Waals surface area contributed by atoms with Gasteiger partial charge in [-0.05, 0) is 41.7 Å². The van der Waals surface area contributed by atoms with Crippen molar-refractivity contribution in [3.63, 3.8) is 0 Å². The molecule has 0 radical (unpaired) electrons. The Hall–Kier alpha value is -3.32. The van der Waals surface area contributed by atoms with Crippen molar-refractivity contribution >= 4 is 64.6 Å². The number of halogens is 3. The Kier molecular flexibility index (Phi) is 11.7. The number of rotatable bonds is 11. The molecule has 2 amide bonds. The number of pyridine rings is 1. The molecule has 2 aromatic rings. The van der Waals surface area contributed by atoms with Gasteiger partial charge in [0.2, 0.25) is 9.58 Å². The lowest BCUT2D eigenvalue weighted by molar-refractivity contribution is -0.144. The minimum Gasteiger partial charge on any atom is -0.480 e. The number of carboxylic acid groups (broad SMARTS) is 1. The Bertz CT molecular complexity index is 1350. The molecule has 12 nitrogen and oxygen atoms in total. The fraction of sp³-hybridized carbons (Fsp3) is 0.483. The molecule has 15 heteroatoms. The van der Waals surface area contributed by atoms with Crippen LogP contribution in [0.15, 0.2) is 42.6 Å². The van der Waals surface area contributed by atoms with Crippen molar-refractivity contribution in [1.82, 2.24) is 10.3 Å². The molecule has 0 bridgehead atoms. The molecule has 44 heavy (non-hydrogen) atoms. The van der Waals surface area contributed by atoms with Gasteiger partial charge in [0.25, 0.3) is 0 Å². The Morgan fingerprint density at radius 3 is 2.48 bits per heavy atom. The zero-order chi connectivity index (χ0) is 32.7. The third-order valence-corrected chi connectivity index (χ3v) is 6.53. The Morgan fingerprint density at radius 1 is 1.14 bits per heavy atom. The molecule has 0 saturated carbocycles. The lowest BCUT2D eigenvalue weighted by Gasteiger charge is -2.34. The van der Waals surface area contributed by atoms with Crippen LogP contribution in [0.3, 0.4) is 0 Å². The third kappa shape index (κ3) is 11.0. The summed E-state index contributed by atoms with van der Waals surface area (Å²) in [5, 5.41) is 23.1. The lowest BCUT2D eigenvalue weighted by atomic mass is 9.93. The first-order valence-electron chi connectivity index (χ1n) is 13.6. The molecule has 240 valence electrons. The van der Waals surface area contributed by atoms with Crippen LogP contribution in [0.2, 0.25) is 0 Å². The van der Waals surface area contributed by atoms with Crippen molar-refractivity contribution in [2.75, 3.05) is 24.7 Å². The average Bonchev–Trinajstić information content (AvgIpc) is 2.92. The molecule has 1 unspecified atom stereocenters. The molecule has 3 N–H and O–H groups in total. The quantitative estimate of drug-likeness (QED) is 0.267. The summed E-state index contributed by atoms with van der Waals surface area (Å²) in [5.74, 6) is -3.19. The van der Waals surface area contributed by atoms with E-state index in [1.54, 1.807) is 24.3 Å². The minimum absolute atomic E-state index is 0.0309. The van der Waals surface area contributed by atoms with Crippen molar-refractivity contribution in [3.05, 3.63) is 53.7 Å². The first-order valence-corrected chi connectivity index (χ1v) is 14.7. The maximum Gasteiger partial charge on any atom is 0.415 e. The van der Waals surface area contributed by atoms with Gasteiger partial charge < -0.3 is 29.7 Å². The number of nitrogens with one attached hydrogen (secondary N) is 1. The summed E-state index contributed by atoms with van der Waals surface area (Å²) < 4.78 is 14.2. The number of aliphatic carboxylic acids is 1. The molecule has 0 fully saturated rings. The molecular weight excluding hydrogens is 641 g/mol.